The summed E-state index contributed by atoms with van der Waals surface area (Å²) in [6, 6.07) is 14.0. The van der Waals surface area contributed by atoms with Gasteiger partial charge in [-0.3, -0.25) is 0 Å². The molecule has 0 aliphatic carbocycles. The first-order chi connectivity index (χ1) is 9.76. The van der Waals surface area contributed by atoms with Crippen LogP contribution in [0.4, 0.5) is 10.8 Å². The molecule has 102 valence electrons. The zero-order chi connectivity index (χ0) is 13.9. The Morgan fingerprint density at radius 1 is 1.25 bits per heavy atom. The predicted octanol–water partition coefficient (Wildman–Crippen LogP) is 5.20. The monoisotopic (exact) mass is 348 g/mol. The van der Waals surface area contributed by atoms with Crippen LogP contribution in [0, 0.1) is 0 Å². The van der Waals surface area contributed by atoms with Crippen molar-refractivity contribution >= 4 is 48.3 Å². The van der Waals surface area contributed by atoms with Crippen molar-refractivity contribution in [1.82, 2.24) is 4.98 Å². The van der Waals surface area contributed by atoms with Crippen LogP contribution in [0.3, 0.4) is 0 Å². The average Bonchev–Trinajstić information content (AvgIpc) is 2.82. The fourth-order valence-electron chi connectivity index (χ4n) is 1.92. The van der Waals surface area contributed by atoms with Crippen LogP contribution in [0.1, 0.15) is 6.92 Å². The van der Waals surface area contributed by atoms with Crippen LogP contribution in [0.2, 0.25) is 0 Å². The molecule has 1 heterocycles. The van der Waals surface area contributed by atoms with Crippen molar-refractivity contribution in [2.75, 3.05) is 11.9 Å². The molecule has 0 unspecified atom stereocenters. The molecule has 0 bridgehead atoms. The van der Waals surface area contributed by atoms with Crippen molar-refractivity contribution in [3.63, 3.8) is 0 Å². The van der Waals surface area contributed by atoms with Gasteiger partial charge in [-0.25, -0.2) is 4.98 Å². The van der Waals surface area contributed by atoms with Gasteiger partial charge in [0.05, 0.1) is 22.5 Å². The standard InChI is InChI=1S/C15H13BrN2OS/c1-2-19-13-6-4-3-5-11(13)17-15-18-12-9-10(16)7-8-14(12)20-15/h3-9H,2H2,1H3,(H,17,18). The molecule has 3 nitrogen and oxygen atoms in total. The van der Waals surface area contributed by atoms with Crippen molar-refractivity contribution in [2.45, 2.75) is 6.92 Å². The van der Waals surface area contributed by atoms with Gasteiger partial charge in [0.25, 0.3) is 0 Å². The van der Waals surface area contributed by atoms with Gasteiger partial charge in [-0.2, -0.15) is 0 Å². The maximum atomic E-state index is 5.61. The van der Waals surface area contributed by atoms with E-state index in [2.05, 4.69) is 32.3 Å². The molecule has 0 saturated heterocycles. The molecule has 20 heavy (non-hydrogen) atoms. The zero-order valence-corrected chi connectivity index (χ0v) is 13.3. The fourth-order valence-corrected chi connectivity index (χ4v) is 3.13. The third kappa shape index (κ3) is 2.78. The molecule has 1 aromatic heterocycles. The molecule has 0 saturated carbocycles. The lowest BCUT2D eigenvalue weighted by Crippen LogP contribution is -1.97. The minimum atomic E-state index is 0.644. The number of ether oxygens (including phenoxy) is 1. The number of aromatic nitrogens is 1. The number of para-hydroxylation sites is 2. The molecule has 0 atom stereocenters. The third-order valence-electron chi connectivity index (χ3n) is 2.78. The summed E-state index contributed by atoms with van der Waals surface area (Å²) in [5.74, 6) is 0.843. The highest BCUT2D eigenvalue weighted by atomic mass is 79.9. The fraction of sp³-hybridized carbons (Fsp3) is 0.133. The maximum absolute atomic E-state index is 5.61. The SMILES string of the molecule is CCOc1ccccc1Nc1nc2cc(Br)ccc2s1. The maximum Gasteiger partial charge on any atom is 0.188 e. The topological polar surface area (TPSA) is 34.1 Å². The van der Waals surface area contributed by atoms with Crippen LogP contribution in [-0.4, -0.2) is 11.6 Å². The van der Waals surface area contributed by atoms with E-state index in [1.54, 1.807) is 11.3 Å². The molecular weight excluding hydrogens is 336 g/mol. The van der Waals surface area contributed by atoms with Crippen molar-refractivity contribution in [1.29, 1.82) is 0 Å². The number of thiazole rings is 1. The van der Waals surface area contributed by atoms with E-state index in [0.29, 0.717) is 6.61 Å². The van der Waals surface area contributed by atoms with Crippen molar-refractivity contribution in [3.05, 3.63) is 46.9 Å². The van der Waals surface area contributed by atoms with Crippen molar-refractivity contribution < 1.29 is 4.74 Å². The number of nitrogens with zero attached hydrogens (tertiary/aromatic N) is 1. The number of hydrogen-bond acceptors (Lipinski definition) is 4. The van der Waals surface area contributed by atoms with Gasteiger partial charge in [0, 0.05) is 4.47 Å². The van der Waals surface area contributed by atoms with Crippen molar-refractivity contribution in [3.8, 4) is 5.75 Å². The molecular formula is C15H13BrN2OS. The van der Waals surface area contributed by atoms with E-state index in [0.717, 1.165) is 31.3 Å². The number of fused-ring (bicyclic) bond motifs is 1. The number of benzene rings is 2. The van der Waals surface area contributed by atoms with Gasteiger partial charge in [0.2, 0.25) is 0 Å². The summed E-state index contributed by atoms with van der Waals surface area (Å²) in [6.07, 6.45) is 0. The van der Waals surface area contributed by atoms with Gasteiger partial charge >= 0.3 is 0 Å². The van der Waals surface area contributed by atoms with E-state index < -0.39 is 0 Å². The van der Waals surface area contributed by atoms with E-state index >= 15 is 0 Å². The summed E-state index contributed by atoms with van der Waals surface area (Å²) in [4.78, 5) is 4.59. The number of anilines is 2. The Kier molecular flexibility index (Phi) is 3.89. The third-order valence-corrected chi connectivity index (χ3v) is 4.22. The largest absolute Gasteiger partial charge is 0.492 e. The number of nitrogens with one attached hydrogen (secondary N) is 1. The van der Waals surface area contributed by atoms with E-state index in [-0.39, 0.29) is 0 Å². The van der Waals surface area contributed by atoms with Crippen molar-refractivity contribution in [2.24, 2.45) is 0 Å². The molecule has 0 amide bonds. The van der Waals surface area contributed by atoms with E-state index in [1.807, 2.05) is 43.3 Å². The summed E-state index contributed by atoms with van der Waals surface area (Å²) in [5.41, 5.74) is 1.92. The second-order valence-electron chi connectivity index (χ2n) is 4.19. The highest BCUT2D eigenvalue weighted by Gasteiger charge is 2.07. The highest BCUT2D eigenvalue weighted by molar-refractivity contribution is 9.10. The van der Waals surface area contributed by atoms with Crippen LogP contribution >= 0.6 is 27.3 Å². The summed E-state index contributed by atoms with van der Waals surface area (Å²) in [6.45, 7) is 2.62. The second kappa shape index (κ2) is 5.81. The lowest BCUT2D eigenvalue weighted by Gasteiger charge is -2.09. The van der Waals surface area contributed by atoms with E-state index in [9.17, 15) is 0 Å². The Morgan fingerprint density at radius 3 is 2.95 bits per heavy atom. The molecule has 3 rings (SSSR count). The van der Waals surface area contributed by atoms with E-state index in [4.69, 9.17) is 4.74 Å². The number of hydrogen-bond donors (Lipinski definition) is 1. The Bertz CT molecular complexity index is 742. The highest BCUT2D eigenvalue weighted by Crippen LogP contribution is 2.33. The quantitative estimate of drug-likeness (QED) is 0.703. The van der Waals surface area contributed by atoms with Gasteiger partial charge in [0.1, 0.15) is 5.75 Å². The lowest BCUT2D eigenvalue weighted by atomic mass is 10.3. The Morgan fingerprint density at radius 2 is 2.10 bits per heavy atom. The Hall–Kier alpha value is -1.59. The second-order valence-corrected chi connectivity index (χ2v) is 6.13. The van der Waals surface area contributed by atoms with Crippen LogP contribution in [0.5, 0.6) is 5.75 Å². The summed E-state index contributed by atoms with van der Waals surface area (Å²) >= 11 is 5.09. The number of rotatable bonds is 4. The minimum absolute atomic E-state index is 0.644. The number of halogens is 1. The van der Waals surface area contributed by atoms with E-state index in [1.165, 1.54) is 0 Å². The summed E-state index contributed by atoms with van der Waals surface area (Å²) in [5, 5.41) is 4.20. The van der Waals surface area contributed by atoms with Gasteiger partial charge in [-0.05, 0) is 37.3 Å². The van der Waals surface area contributed by atoms with Gasteiger partial charge in [0.15, 0.2) is 5.13 Å². The lowest BCUT2D eigenvalue weighted by molar-refractivity contribution is 0.342. The van der Waals surface area contributed by atoms with Crippen LogP contribution in [0.25, 0.3) is 10.2 Å². The first-order valence-electron chi connectivity index (χ1n) is 6.31. The Labute approximate surface area is 129 Å². The molecule has 5 heteroatoms. The van der Waals surface area contributed by atoms with Crippen LogP contribution < -0.4 is 10.1 Å². The van der Waals surface area contributed by atoms with Crippen LogP contribution in [0.15, 0.2) is 46.9 Å². The molecule has 2 aromatic carbocycles. The first kappa shape index (κ1) is 13.4. The van der Waals surface area contributed by atoms with Gasteiger partial charge in [-0.15, -0.1) is 0 Å². The Balaban J connectivity index is 1.93. The zero-order valence-electron chi connectivity index (χ0n) is 10.9. The normalized spacial score (nSPS) is 10.7. The van der Waals surface area contributed by atoms with Gasteiger partial charge < -0.3 is 10.1 Å². The molecule has 0 aliphatic rings. The molecule has 0 aliphatic heterocycles. The molecule has 0 fully saturated rings. The molecule has 1 N–H and O–H groups in total. The first-order valence-corrected chi connectivity index (χ1v) is 7.92. The molecule has 3 aromatic rings. The smallest absolute Gasteiger partial charge is 0.188 e. The van der Waals surface area contributed by atoms with Crippen LogP contribution in [-0.2, 0) is 0 Å². The average molecular weight is 349 g/mol. The summed E-state index contributed by atoms with van der Waals surface area (Å²) in [7, 11) is 0. The molecule has 0 spiro atoms. The predicted molar refractivity (Wildman–Crippen MR) is 88.2 cm³/mol. The molecule has 0 radical (unpaired) electrons. The summed E-state index contributed by atoms with van der Waals surface area (Å²) < 4.78 is 7.80. The van der Waals surface area contributed by atoms with Gasteiger partial charge in [-0.1, -0.05) is 39.4 Å². The minimum Gasteiger partial charge on any atom is -0.492 e.